The molecule has 1 fully saturated rings. The summed E-state index contributed by atoms with van der Waals surface area (Å²) in [5, 5.41) is 14.4. The summed E-state index contributed by atoms with van der Waals surface area (Å²) >= 11 is 0. The minimum Gasteiger partial charge on any atom is -0.388 e. The van der Waals surface area contributed by atoms with Crippen molar-refractivity contribution in [1.29, 1.82) is 0 Å². The van der Waals surface area contributed by atoms with Crippen LogP contribution in [0.15, 0.2) is 12.3 Å². The number of hydrogen-bond acceptors (Lipinski definition) is 4. The highest BCUT2D eigenvalue weighted by Crippen LogP contribution is 2.21. The lowest BCUT2D eigenvalue weighted by atomic mass is 9.94. The van der Waals surface area contributed by atoms with Crippen LogP contribution in [0.5, 0.6) is 0 Å². The van der Waals surface area contributed by atoms with Gasteiger partial charge in [0.15, 0.2) is 0 Å². The maximum absolute atomic E-state index is 12.1. The molecular weight excluding hydrogens is 234 g/mol. The normalized spacial score (nSPS) is 18.6. The zero-order valence-electron chi connectivity index (χ0n) is 10.8. The van der Waals surface area contributed by atoms with Crippen LogP contribution in [0.1, 0.15) is 23.3 Å². The van der Waals surface area contributed by atoms with E-state index in [2.05, 4.69) is 5.10 Å². The van der Waals surface area contributed by atoms with Crippen LogP contribution in [0, 0.1) is 0 Å². The van der Waals surface area contributed by atoms with Gasteiger partial charge in [-0.05, 0) is 6.07 Å². The number of aryl methyl sites for hydroxylation is 1. The van der Waals surface area contributed by atoms with Crippen molar-refractivity contribution in [3.63, 3.8) is 0 Å². The Balaban J connectivity index is 1.98. The Kier molecular flexibility index (Phi) is 3.68. The number of ether oxygens (including phenoxy) is 1. The summed E-state index contributed by atoms with van der Waals surface area (Å²) < 4.78 is 6.80. The van der Waals surface area contributed by atoms with E-state index in [1.807, 2.05) is 0 Å². The Morgan fingerprint density at radius 1 is 1.61 bits per heavy atom. The first-order valence-corrected chi connectivity index (χ1v) is 6.05. The molecule has 1 aliphatic rings. The van der Waals surface area contributed by atoms with Crippen LogP contribution < -0.4 is 0 Å². The molecule has 1 amide bonds. The number of aromatic nitrogens is 2. The SMILES string of the molecule is CN(CC1(O)CCOCC1)C(=O)c1ccn(C)n1. The van der Waals surface area contributed by atoms with E-state index in [9.17, 15) is 9.90 Å². The quantitative estimate of drug-likeness (QED) is 0.825. The molecule has 0 saturated carbocycles. The first-order valence-electron chi connectivity index (χ1n) is 6.05. The molecule has 1 N–H and O–H groups in total. The summed E-state index contributed by atoms with van der Waals surface area (Å²) in [7, 11) is 3.45. The topological polar surface area (TPSA) is 67.6 Å². The molecule has 0 aliphatic carbocycles. The van der Waals surface area contributed by atoms with Gasteiger partial charge in [0.2, 0.25) is 0 Å². The predicted octanol–water partition coefficient (Wildman–Crippen LogP) is 0.0336. The van der Waals surface area contributed by atoms with Crippen molar-refractivity contribution in [2.75, 3.05) is 26.8 Å². The van der Waals surface area contributed by atoms with Crippen LogP contribution in [0.3, 0.4) is 0 Å². The van der Waals surface area contributed by atoms with Gasteiger partial charge in [-0.15, -0.1) is 0 Å². The first-order chi connectivity index (χ1) is 8.50. The maximum atomic E-state index is 12.1. The van der Waals surface area contributed by atoms with Gasteiger partial charge >= 0.3 is 0 Å². The molecule has 6 heteroatoms. The van der Waals surface area contributed by atoms with Crippen molar-refractivity contribution in [2.45, 2.75) is 18.4 Å². The van der Waals surface area contributed by atoms with Gasteiger partial charge in [0.05, 0.1) is 5.60 Å². The highest BCUT2D eigenvalue weighted by molar-refractivity contribution is 5.92. The third-order valence-corrected chi connectivity index (χ3v) is 3.23. The number of aliphatic hydroxyl groups is 1. The van der Waals surface area contributed by atoms with Crippen molar-refractivity contribution in [3.05, 3.63) is 18.0 Å². The van der Waals surface area contributed by atoms with E-state index in [-0.39, 0.29) is 5.91 Å². The summed E-state index contributed by atoms with van der Waals surface area (Å²) in [5.74, 6) is -0.171. The highest BCUT2D eigenvalue weighted by atomic mass is 16.5. The van der Waals surface area contributed by atoms with E-state index < -0.39 is 5.60 Å². The second kappa shape index (κ2) is 5.07. The van der Waals surface area contributed by atoms with Crippen molar-refractivity contribution >= 4 is 5.91 Å². The van der Waals surface area contributed by atoms with E-state index in [0.717, 1.165) is 0 Å². The van der Waals surface area contributed by atoms with Crippen LogP contribution in [-0.2, 0) is 11.8 Å². The zero-order valence-corrected chi connectivity index (χ0v) is 10.8. The zero-order chi connectivity index (χ0) is 13.2. The number of likely N-dealkylation sites (N-methyl/N-ethyl adjacent to an activating group) is 1. The summed E-state index contributed by atoms with van der Waals surface area (Å²) in [6, 6.07) is 1.67. The van der Waals surface area contributed by atoms with Crippen LogP contribution in [-0.4, -0.2) is 58.1 Å². The maximum Gasteiger partial charge on any atom is 0.274 e. The number of carbonyl (C=O) groups is 1. The van der Waals surface area contributed by atoms with Gasteiger partial charge in [-0.2, -0.15) is 5.10 Å². The number of rotatable bonds is 3. The second-order valence-electron chi connectivity index (χ2n) is 4.87. The highest BCUT2D eigenvalue weighted by Gasteiger charge is 2.32. The van der Waals surface area contributed by atoms with Gasteiger partial charge in [0.1, 0.15) is 5.69 Å². The Bertz CT molecular complexity index is 424. The average Bonchev–Trinajstić information content (AvgIpc) is 2.75. The lowest BCUT2D eigenvalue weighted by molar-refractivity contribution is -0.0734. The number of hydrogen-bond donors (Lipinski definition) is 1. The molecule has 0 bridgehead atoms. The third kappa shape index (κ3) is 2.88. The molecule has 6 nitrogen and oxygen atoms in total. The van der Waals surface area contributed by atoms with E-state index in [4.69, 9.17) is 4.74 Å². The fraction of sp³-hybridized carbons (Fsp3) is 0.667. The number of carbonyl (C=O) groups excluding carboxylic acids is 1. The van der Waals surface area contributed by atoms with Crippen LogP contribution >= 0.6 is 0 Å². The molecule has 100 valence electrons. The molecule has 0 radical (unpaired) electrons. The average molecular weight is 253 g/mol. The van der Waals surface area contributed by atoms with E-state index in [1.54, 1.807) is 31.0 Å². The molecule has 0 aromatic carbocycles. The summed E-state index contributed by atoms with van der Waals surface area (Å²) in [6.45, 7) is 1.40. The molecule has 1 aliphatic heterocycles. The van der Waals surface area contributed by atoms with Crippen molar-refractivity contribution in [1.82, 2.24) is 14.7 Å². The summed E-state index contributed by atoms with van der Waals surface area (Å²) in [4.78, 5) is 13.6. The van der Waals surface area contributed by atoms with Gasteiger partial charge in [-0.3, -0.25) is 9.48 Å². The van der Waals surface area contributed by atoms with Crippen LogP contribution in [0.2, 0.25) is 0 Å². The Morgan fingerprint density at radius 2 is 2.28 bits per heavy atom. The lowest BCUT2D eigenvalue weighted by Gasteiger charge is -2.35. The van der Waals surface area contributed by atoms with Gasteiger partial charge in [-0.25, -0.2) is 0 Å². The minimum absolute atomic E-state index is 0.171. The summed E-state index contributed by atoms with van der Waals surface area (Å²) in [5.41, 5.74) is -0.437. The van der Waals surface area contributed by atoms with Crippen LogP contribution in [0.4, 0.5) is 0 Å². The fourth-order valence-electron chi connectivity index (χ4n) is 2.15. The fourth-order valence-corrected chi connectivity index (χ4v) is 2.15. The molecular formula is C12H19N3O3. The summed E-state index contributed by atoms with van der Waals surface area (Å²) in [6.07, 6.45) is 2.85. The van der Waals surface area contributed by atoms with Crippen molar-refractivity contribution in [3.8, 4) is 0 Å². The number of amides is 1. The lowest BCUT2D eigenvalue weighted by Crippen LogP contribution is -2.47. The molecule has 1 saturated heterocycles. The third-order valence-electron chi connectivity index (χ3n) is 3.23. The second-order valence-corrected chi connectivity index (χ2v) is 4.87. The molecule has 2 rings (SSSR count). The Morgan fingerprint density at radius 3 is 2.83 bits per heavy atom. The standard InChI is InChI=1S/C12H19N3O3/c1-14(9-12(17)4-7-18-8-5-12)11(16)10-3-6-15(2)13-10/h3,6,17H,4-5,7-9H2,1-2H3. The molecule has 1 aromatic heterocycles. The van der Waals surface area contributed by atoms with Gasteiger partial charge < -0.3 is 14.7 Å². The Hall–Kier alpha value is -1.40. The van der Waals surface area contributed by atoms with Gasteiger partial charge in [0.25, 0.3) is 5.91 Å². The molecule has 0 unspecified atom stereocenters. The Labute approximate surface area is 106 Å². The van der Waals surface area contributed by atoms with Crippen LogP contribution in [0.25, 0.3) is 0 Å². The minimum atomic E-state index is -0.836. The van der Waals surface area contributed by atoms with Crippen molar-refractivity contribution in [2.24, 2.45) is 7.05 Å². The monoisotopic (exact) mass is 253 g/mol. The smallest absolute Gasteiger partial charge is 0.274 e. The number of nitrogens with zero attached hydrogens (tertiary/aromatic N) is 3. The van der Waals surface area contributed by atoms with E-state index in [0.29, 0.717) is 38.3 Å². The molecule has 0 atom stereocenters. The van der Waals surface area contributed by atoms with Gasteiger partial charge in [-0.1, -0.05) is 0 Å². The van der Waals surface area contributed by atoms with Gasteiger partial charge in [0, 0.05) is 52.9 Å². The molecule has 0 spiro atoms. The molecule has 1 aromatic rings. The first kappa shape index (κ1) is 13.0. The molecule has 2 heterocycles. The molecule has 18 heavy (non-hydrogen) atoms. The largest absolute Gasteiger partial charge is 0.388 e. The van der Waals surface area contributed by atoms with E-state index in [1.165, 1.54) is 4.90 Å². The van der Waals surface area contributed by atoms with E-state index >= 15 is 0 Å². The predicted molar refractivity (Wildman–Crippen MR) is 65.2 cm³/mol. The van der Waals surface area contributed by atoms with Crippen molar-refractivity contribution < 1.29 is 14.6 Å².